The van der Waals surface area contributed by atoms with Crippen LogP contribution in [-0.2, 0) is 22.7 Å². The summed E-state index contributed by atoms with van der Waals surface area (Å²) in [4.78, 5) is 24.7. The van der Waals surface area contributed by atoms with Gasteiger partial charge in [-0.2, -0.15) is 0 Å². The summed E-state index contributed by atoms with van der Waals surface area (Å²) in [6, 6.07) is 16.3. The molecule has 2 N–H and O–H groups in total. The van der Waals surface area contributed by atoms with Crippen molar-refractivity contribution in [2.45, 2.75) is 38.8 Å². The second-order valence-electron chi connectivity index (χ2n) is 7.06. The Morgan fingerprint density at radius 2 is 1.30 bits per heavy atom. The summed E-state index contributed by atoms with van der Waals surface area (Å²) in [7, 11) is 0. The molecule has 0 radical (unpaired) electrons. The van der Waals surface area contributed by atoms with E-state index < -0.39 is 0 Å². The number of carbonyl (C=O) groups is 2. The van der Waals surface area contributed by atoms with Gasteiger partial charge >= 0.3 is 0 Å². The number of hydrogen-bond acceptors (Lipinski definition) is 2. The van der Waals surface area contributed by atoms with Gasteiger partial charge in [-0.1, -0.05) is 48.5 Å². The Morgan fingerprint density at radius 1 is 0.778 bits per heavy atom. The fraction of sp³-hybridized carbons (Fsp3) is 0.364. The van der Waals surface area contributed by atoms with Crippen LogP contribution >= 0.6 is 0 Å². The molecule has 27 heavy (non-hydrogen) atoms. The molecule has 5 heteroatoms. The maximum atomic E-state index is 13.6. The van der Waals surface area contributed by atoms with Crippen molar-refractivity contribution >= 4 is 11.8 Å². The van der Waals surface area contributed by atoms with Crippen LogP contribution in [0, 0.1) is 17.7 Å². The first-order chi connectivity index (χ1) is 13.1. The lowest BCUT2D eigenvalue weighted by atomic mass is 9.81. The molecule has 1 fully saturated rings. The quantitative estimate of drug-likeness (QED) is 0.819. The van der Waals surface area contributed by atoms with Gasteiger partial charge < -0.3 is 10.6 Å². The van der Waals surface area contributed by atoms with E-state index in [1.54, 1.807) is 18.2 Å². The molecule has 2 aromatic rings. The molecule has 142 valence electrons. The number of carbonyl (C=O) groups excluding carboxylic acids is 2. The Labute approximate surface area is 159 Å². The first kappa shape index (κ1) is 19.1. The van der Waals surface area contributed by atoms with Crippen LogP contribution in [0.2, 0.25) is 0 Å². The van der Waals surface area contributed by atoms with E-state index in [4.69, 9.17) is 0 Å². The average molecular weight is 368 g/mol. The Bertz CT molecular complexity index is 771. The van der Waals surface area contributed by atoms with Crippen molar-refractivity contribution in [3.05, 3.63) is 71.5 Å². The lowest BCUT2D eigenvalue weighted by Gasteiger charge is -2.27. The van der Waals surface area contributed by atoms with E-state index in [1.165, 1.54) is 6.07 Å². The Morgan fingerprint density at radius 3 is 1.89 bits per heavy atom. The minimum Gasteiger partial charge on any atom is -0.352 e. The maximum absolute atomic E-state index is 13.6. The van der Waals surface area contributed by atoms with Crippen LogP contribution < -0.4 is 10.6 Å². The van der Waals surface area contributed by atoms with Gasteiger partial charge in [0, 0.05) is 30.5 Å². The Balaban J connectivity index is 1.40. The van der Waals surface area contributed by atoms with Gasteiger partial charge in [-0.25, -0.2) is 4.39 Å². The number of rotatable bonds is 6. The van der Waals surface area contributed by atoms with Crippen LogP contribution in [0.1, 0.15) is 36.8 Å². The summed E-state index contributed by atoms with van der Waals surface area (Å²) < 4.78 is 13.6. The van der Waals surface area contributed by atoms with Crippen molar-refractivity contribution in [3.63, 3.8) is 0 Å². The highest BCUT2D eigenvalue weighted by Gasteiger charge is 2.29. The molecule has 4 nitrogen and oxygen atoms in total. The predicted molar refractivity (Wildman–Crippen MR) is 102 cm³/mol. The summed E-state index contributed by atoms with van der Waals surface area (Å²) in [6.45, 7) is 0.728. The van der Waals surface area contributed by atoms with Crippen LogP contribution in [-0.4, -0.2) is 11.8 Å². The van der Waals surface area contributed by atoms with E-state index in [0.717, 1.165) is 5.56 Å². The second kappa shape index (κ2) is 9.31. The van der Waals surface area contributed by atoms with Crippen molar-refractivity contribution in [2.75, 3.05) is 0 Å². The Kier molecular flexibility index (Phi) is 6.58. The first-order valence-electron chi connectivity index (χ1n) is 9.46. The molecule has 2 amide bonds. The lowest BCUT2D eigenvalue weighted by molar-refractivity contribution is -0.130. The second-order valence-corrected chi connectivity index (χ2v) is 7.06. The SMILES string of the molecule is O=C(NCc1ccccc1)C1CCC(C(=O)NCc2ccccc2F)CC1. The van der Waals surface area contributed by atoms with Gasteiger partial charge in [0.15, 0.2) is 0 Å². The highest BCUT2D eigenvalue weighted by Crippen LogP contribution is 2.29. The van der Waals surface area contributed by atoms with Crippen LogP contribution in [0.3, 0.4) is 0 Å². The number of benzene rings is 2. The average Bonchev–Trinajstić information content (AvgIpc) is 2.72. The monoisotopic (exact) mass is 368 g/mol. The lowest BCUT2D eigenvalue weighted by Crippen LogP contribution is -2.37. The largest absolute Gasteiger partial charge is 0.352 e. The minimum absolute atomic E-state index is 0.0377. The molecule has 3 rings (SSSR count). The molecule has 0 bridgehead atoms. The third kappa shape index (κ3) is 5.39. The van der Waals surface area contributed by atoms with Crippen LogP contribution in [0.5, 0.6) is 0 Å². The fourth-order valence-electron chi connectivity index (χ4n) is 3.52. The molecule has 0 saturated heterocycles. The molecule has 0 aliphatic heterocycles. The molecule has 0 spiro atoms. The van der Waals surface area contributed by atoms with Gasteiger partial charge in [0.1, 0.15) is 5.82 Å². The van der Waals surface area contributed by atoms with E-state index in [2.05, 4.69) is 10.6 Å². The number of hydrogen-bond donors (Lipinski definition) is 2. The van der Waals surface area contributed by atoms with Crippen LogP contribution in [0.25, 0.3) is 0 Å². The molecular formula is C22H25FN2O2. The molecule has 0 unspecified atom stereocenters. The molecule has 1 saturated carbocycles. The fourth-order valence-corrected chi connectivity index (χ4v) is 3.52. The number of halogens is 1. The van der Waals surface area contributed by atoms with Gasteiger partial charge in [-0.15, -0.1) is 0 Å². The number of amides is 2. The zero-order valence-corrected chi connectivity index (χ0v) is 15.3. The van der Waals surface area contributed by atoms with E-state index in [-0.39, 0.29) is 36.0 Å². The smallest absolute Gasteiger partial charge is 0.223 e. The van der Waals surface area contributed by atoms with Gasteiger partial charge in [-0.3, -0.25) is 9.59 Å². The van der Waals surface area contributed by atoms with Gasteiger partial charge in [0.25, 0.3) is 0 Å². The molecular weight excluding hydrogens is 343 g/mol. The van der Waals surface area contributed by atoms with Gasteiger partial charge in [0.05, 0.1) is 0 Å². The zero-order chi connectivity index (χ0) is 19.1. The van der Waals surface area contributed by atoms with E-state index in [0.29, 0.717) is 37.8 Å². The normalized spacial score (nSPS) is 19.3. The predicted octanol–water partition coefficient (Wildman–Crippen LogP) is 3.56. The standard InChI is InChI=1S/C22H25FN2O2/c23-20-9-5-4-8-19(20)15-25-22(27)18-12-10-17(11-13-18)21(26)24-14-16-6-2-1-3-7-16/h1-9,17-18H,10-15H2,(H,24,26)(H,25,27). The van der Waals surface area contributed by atoms with Crippen molar-refractivity contribution in [2.24, 2.45) is 11.8 Å². The molecule has 2 aromatic carbocycles. The summed E-state index contributed by atoms with van der Waals surface area (Å²) in [6.07, 6.45) is 2.79. The summed E-state index contributed by atoms with van der Waals surface area (Å²) >= 11 is 0. The minimum atomic E-state index is -0.309. The van der Waals surface area contributed by atoms with Crippen molar-refractivity contribution in [1.82, 2.24) is 10.6 Å². The molecule has 0 heterocycles. The van der Waals surface area contributed by atoms with E-state index in [9.17, 15) is 14.0 Å². The number of nitrogens with one attached hydrogen (secondary N) is 2. The third-order valence-electron chi connectivity index (χ3n) is 5.19. The highest BCUT2D eigenvalue weighted by atomic mass is 19.1. The molecule has 1 aliphatic carbocycles. The van der Waals surface area contributed by atoms with Gasteiger partial charge in [-0.05, 0) is 37.3 Å². The topological polar surface area (TPSA) is 58.2 Å². The van der Waals surface area contributed by atoms with Crippen LogP contribution in [0.4, 0.5) is 4.39 Å². The summed E-state index contributed by atoms with van der Waals surface area (Å²) in [5.74, 6) is -0.443. The van der Waals surface area contributed by atoms with E-state index in [1.807, 2.05) is 30.3 Å². The van der Waals surface area contributed by atoms with Gasteiger partial charge in [0.2, 0.25) is 11.8 Å². The Hall–Kier alpha value is -2.69. The first-order valence-corrected chi connectivity index (χ1v) is 9.46. The van der Waals surface area contributed by atoms with Crippen molar-refractivity contribution < 1.29 is 14.0 Å². The highest BCUT2D eigenvalue weighted by molar-refractivity contribution is 5.81. The maximum Gasteiger partial charge on any atom is 0.223 e. The molecule has 0 aromatic heterocycles. The molecule has 0 atom stereocenters. The van der Waals surface area contributed by atoms with Crippen molar-refractivity contribution in [3.8, 4) is 0 Å². The summed E-state index contributed by atoms with van der Waals surface area (Å²) in [5.41, 5.74) is 1.56. The molecule has 1 aliphatic rings. The van der Waals surface area contributed by atoms with Crippen molar-refractivity contribution in [1.29, 1.82) is 0 Å². The third-order valence-corrected chi connectivity index (χ3v) is 5.19. The van der Waals surface area contributed by atoms with E-state index >= 15 is 0 Å². The van der Waals surface area contributed by atoms with Crippen LogP contribution in [0.15, 0.2) is 54.6 Å². The zero-order valence-electron chi connectivity index (χ0n) is 15.3. The summed E-state index contributed by atoms with van der Waals surface area (Å²) in [5, 5.41) is 5.81.